The smallest absolute Gasteiger partial charge is 0.229 e. The highest BCUT2D eigenvalue weighted by atomic mass is 32.1. The number of likely N-dealkylation sites (N-methyl/N-ethyl adjacent to an activating group) is 1. The topological polar surface area (TPSA) is 32.3 Å². The number of carbonyl (C=O) groups excluding carboxylic acids is 1. The van der Waals surface area contributed by atoms with Gasteiger partial charge < -0.3 is 10.2 Å². The van der Waals surface area contributed by atoms with Crippen molar-refractivity contribution in [2.45, 2.75) is 26.3 Å². The molecule has 0 rings (SSSR count). The van der Waals surface area contributed by atoms with Crippen LogP contribution in [0.25, 0.3) is 0 Å². The van der Waals surface area contributed by atoms with E-state index in [-0.39, 0.29) is 17.7 Å². The Labute approximate surface area is 92.7 Å². The van der Waals surface area contributed by atoms with Crippen molar-refractivity contribution in [3.63, 3.8) is 0 Å². The van der Waals surface area contributed by atoms with Gasteiger partial charge in [0.2, 0.25) is 5.91 Å². The first-order valence-electron chi connectivity index (χ1n) is 5.00. The van der Waals surface area contributed by atoms with E-state index in [1.807, 2.05) is 14.1 Å². The normalized spacial score (nSPS) is 13.4. The van der Waals surface area contributed by atoms with Gasteiger partial charge in [-0.05, 0) is 26.4 Å². The van der Waals surface area contributed by atoms with Gasteiger partial charge in [-0.25, -0.2) is 0 Å². The summed E-state index contributed by atoms with van der Waals surface area (Å²) in [6.07, 6.45) is 1.01. The molecule has 4 heteroatoms. The van der Waals surface area contributed by atoms with Crippen molar-refractivity contribution in [1.82, 2.24) is 10.2 Å². The number of thiol groups is 1. The molecule has 3 nitrogen and oxygen atoms in total. The van der Waals surface area contributed by atoms with Gasteiger partial charge in [-0.15, -0.1) is 0 Å². The van der Waals surface area contributed by atoms with E-state index >= 15 is 0 Å². The molecule has 0 radical (unpaired) electrons. The van der Waals surface area contributed by atoms with Gasteiger partial charge in [-0.1, -0.05) is 13.8 Å². The summed E-state index contributed by atoms with van der Waals surface area (Å²) in [6, 6.07) is 0.240. The first-order valence-corrected chi connectivity index (χ1v) is 5.64. The van der Waals surface area contributed by atoms with Crippen LogP contribution in [0.1, 0.15) is 20.3 Å². The third-order valence-corrected chi connectivity index (χ3v) is 2.14. The maximum atomic E-state index is 11.2. The SMILES string of the molecule is CC(C)CC(CN(C)C)NC(=O)CS. The van der Waals surface area contributed by atoms with Crippen molar-refractivity contribution < 1.29 is 4.79 Å². The van der Waals surface area contributed by atoms with E-state index in [1.165, 1.54) is 0 Å². The molecule has 1 unspecified atom stereocenters. The first-order chi connectivity index (χ1) is 6.45. The van der Waals surface area contributed by atoms with Gasteiger partial charge in [0.15, 0.2) is 0 Å². The van der Waals surface area contributed by atoms with Crippen LogP contribution in [0.2, 0.25) is 0 Å². The predicted molar refractivity (Wildman–Crippen MR) is 63.8 cm³/mol. The molecule has 14 heavy (non-hydrogen) atoms. The molecule has 1 atom stereocenters. The van der Waals surface area contributed by atoms with Crippen LogP contribution in [0.3, 0.4) is 0 Å². The van der Waals surface area contributed by atoms with Gasteiger partial charge >= 0.3 is 0 Å². The van der Waals surface area contributed by atoms with Gasteiger partial charge in [0.25, 0.3) is 0 Å². The number of carbonyl (C=O) groups is 1. The first kappa shape index (κ1) is 13.8. The molecule has 1 N–H and O–H groups in total. The van der Waals surface area contributed by atoms with Crippen LogP contribution >= 0.6 is 12.6 Å². The van der Waals surface area contributed by atoms with E-state index in [0.29, 0.717) is 5.92 Å². The minimum absolute atomic E-state index is 0.0147. The molecule has 0 saturated heterocycles. The number of rotatable bonds is 6. The zero-order chi connectivity index (χ0) is 11.1. The van der Waals surface area contributed by atoms with Gasteiger partial charge in [-0.2, -0.15) is 12.6 Å². The largest absolute Gasteiger partial charge is 0.351 e. The molecule has 0 aromatic rings. The van der Waals surface area contributed by atoms with Crippen LogP contribution in [0.15, 0.2) is 0 Å². The highest BCUT2D eigenvalue weighted by Crippen LogP contribution is 2.05. The lowest BCUT2D eigenvalue weighted by atomic mass is 10.0. The molecule has 0 aliphatic carbocycles. The molecule has 0 spiro atoms. The summed E-state index contributed by atoms with van der Waals surface area (Å²) in [6.45, 7) is 5.21. The maximum Gasteiger partial charge on any atom is 0.229 e. The summed E-state index contributed by atoms with van der Waals surface area (Å²) in [5, 5.41) is 2.97. The average Bonchev–Trinajstić information content (AvgIpc) is 2.01. The molecule has 0 aromatic heterocycles. The molecule has 0 aliphatic rings. The Bertz CT molecular complexity index is 162. The number of nitrogens with one attached hydrogen (secondary N) is 1. The second-order valence-corrected chi connectivity index (χ2v) is 4.63. The Morgan fingerprint density at radius 1 is 1.43 bits per heavy atom. The van der Waals surface area contributed by atoms with Crippen molar-refractivity contribution in [2.24, 2.45) is 5.92 Å². The van der Waals surface area contributed by atoms with Crippen LogP contribution in [0, 0.1) is 5.92 Å². The molecular weight excluding hydrogens is 196 g/mol. The van der Waals surface area contributed by atoms with Crippen LogP contribution in [0.4, 0.5) is 0 Å². The molecule has 1 amide bonds. The number of hydrogen-bond donors (Lipinski definition) is 2. The molecular formula is C10H22N2OS. The molecule has 0 heterocycles. The lowest BCUT2D eigenvalue weighted by Crippen LogP contribution is -2.43. The standard InChI is InChI=1S/C10H22N2OS/c1-8(2)5-9(6-12(3)4)11-10(13)7-14/h8-9,14H,5-7H2,1-4H3,(H,11,13). The monoisotopic (exact) mass is 218 g/mol. The highest BCUT2D eigenvalue weighted by molar-refractivity contribution is 7.81. The summed E-state index contributed by atoms with van der Waals surface area (Å²) < 4.78 is 0. The zero-order valence-corrected chi connectivity index (χ0v) is 10.5. The highest BCUT2D eigenvalue weighted by Gasteiger charge is 2.13. The van der Waals surface area contributed by atoms with E-state index in [1.54, 1.807) is 0 Å². The van der Waals surface area contributed by atoms with Crippen LogP contribution < -0.4 is 5.32 Å². The fourth-order valence-electron chi connectivity index (χ4n) is 1.46. The zero-order valence-electron chi connectivity index (χ0n) is 9.58. The van der Waals surface area contributed by atoms with E-state index in [9.17, 15) is 4.79 Å². The average molecular weight is 218 g/mol. The minimum atomic E-state index is 0.0147. The summed E-state index contributed by atoms with van der Waals surface area (Å²) >= 11 is 3.95. The molecule has 0 saturated carbocycles. The molecule has 84 valence electrons. The molecule has 0 fully saturated rings. The second-order valence-electron chi connectivity index (χ2n) is 4.31. The quantitative estimate of drug-likeness (QED) is 0.652. The molecule has 0 bridgehead atoms. The van der Waals surface area contributed by atoms with Crippen LogP contribution in [0.5, 0.6) is 0 Å². The van der Waals surface area contributed by atoms with Crippen LogP contribution in [-0.4, -0.2) is 43.2 Å². The summed E-state index contributed by atoms with van der Waals surface area (Å²) in [5.74, 6) is 0.878. The number of amides is 1. The minimum Gasteiger partial charge on any atom is -0.351 e. The Kier molecular flexibility index (Phi) is 7.01. The van der Waals surface area contributed by atoms with Gasteiger partial charge in [0.05, 0.1) is 5.75 Å². The lowest BCUT2D eigenvalue weighted by Gasteiger charge is -2.23. The Morgan fingerprint density at radius 2 is 2.00 bits per heavy atom. The lowest BCUT2D eigenvalue weighted by molar-refractivity contribution is -0.119. The van der Waals surface area contributed by atoms with Gasteiger partial charge in [0, 0.05) is 12.6 Å². The fraction of sp³-hybridized carbons (Fsp3) is 0.900. The molecule has 0 aromatic carbocycles. The van der Waals surface area contributed by atoms with Crippen molar-refractivity contribution in [3.05, 3.63) is 0 Å². The van der Waals surface area contributed by atoms with Gasteiger partial charge in [-0.3, -0.25) is 4.79 Å². The summed E-state index contributed by atoms with van der Waals surface area (Å²) in [5.41, 5.74) is 0. The Hall–Kier alpha value is -0.220. The van der Waals surface area contributed by atoms with Crippen molar-refractivity contribution in [3.8, 4) is 0 Å². The number of hydrogen-bond acceptors (Lipinski definition) is 3. The van der Waals surface area contributed by atoms with Crippen molar-refractivity contribution in [2.75, 3.05) is 26.4 Å². The summed E-state index contributed by atoms with van der Waals surface area (Å²) in [7, 11) is 4.03. The third kappa shape index (κ3) is 7.21. The Balaban J connectivity index is 4.03. The van der Waals surface area contributed by atoms with Crippen LogP contribution in [-0.2, 0) is 4.79 Å². The predicted octanol–water partition coefficient (Wildman–Crippen LogP) is 1.01. The fourth-order valence-corrected chi connectivity index (χ4v) is 1.55. The van der Waals surface area contributed by atoms with E-state index < -0.39 is 0 Å². The van der Waals surface area contributed by atoms with Gasteiger partial charge in [0.1, 0.15) is 0 Å². The second kappa shape index (κ2) is 7.12. The number of nitrogens with zero attached hydrogens (tertiary/aromatic N) is 1. The van der Waals surface area contributed by atoms with E-state index in [4.69, 9.17) is 0 Å². The Morgan fingerprint density at radius 3 is 2.36 bits per heavy atom. The van der Waals surface area contributed by atoms with E-state index in [2.05, 4.69) is 36.7 Å². The van der Waals surface area contributed by atoms with Crippen molar-refractivity contribution in [1.29, 1.82) is 0 Å². The summed E-state index contributed by atoms with van der Waals surface area (Å²) in [4.78, 5) is 13.3. The third-order valence-electron chi connectivity index (χ3n) is 1.85. The maximum absolute atomic E-state index is 11.2. The van der Waals surface area contributed by atoms with Crippen molar-refractivity contribution >= 4 is 18.5 Å². The molecule has 0 aliphatic heterocycles. The van der Waals surface area contributed by atoms with E-state index in [0.717, 1.165) is 13.0 Å².